The lowest BCUT2D eigenvalue weighted by Gasteiger charge is -2.18. The first kappa shape index (κ1) is 48.8. The number of esters is 2. The molecule has 0 aliphatic rings. The van der Waals surface area contributed by atoms with Gasteiger partial charge < -0.3 is 19.1 Å². The summed E-state index contributed by atoms with van der Waals surface area (Å²) < 4.78 is 17.1. The smallest absolute Gasteiger partial charge is 0.306 e. The zero-order chi connectivity index (χ0) is 37.3. The zero-order valence-corrected chi connectivity index (χ0v) is 33.9. The Bertz CT molecular complexity index is 878. The Kier molecular flexibility index (Phi) is 38.9. The Labute approximate surface area is 315 Å². The first-order valence-electron chi connectivity index (χ1n) is 21.2. The molecule has 0 spiro atoms. The number of unbranched alkanes of at least 4 members (excludes halogenated alkanes) is 17. The van der Waals surface area contributed by atoms with Crippen LogP contribution in [0.3, 0.4) is 0 Å². The fraction of sp³-hybridized carbons (Fsp3) is 0.778. The molecule has 6 nitrogen and oxygen atoms in total. The lowest BCUT2D eigenvalue weighted by molar-refractivity contribution is -0.163. The third-order valence-corrected chi connectivity index (χ3v) is 8.85. The van der Waals surface area contributed by atoms with Crippen molar-refractivity contribution < 1.29 is 23.8 Å². The van der Waals surface area contributed by atoms with Crippen molar-refractivity contribution in [2.24, 2.45) is 0 Å². The van der Waals surface area contributed by atoms with Gasteiger partial charge in [0, 0.05) is 19.4 Å². The van der Waals surface area contributed by atoms with Gasteiger partial charge in [0.15, 0.2) is 6.10 Å². The third kappa shape index (κ3) is 40.4. The second-order valence-corrected chi connectivity index (χ2v) is 14.3. The number of nitrogens with zero attached hydrogens (tertiary/aromatic N) is 1. The van der Waals surface area contributed by atoms with E-state index in [1.165, 1.54) is 83.5 Å². The summed E-state index contributed by atoms with van der Waals surface area (Å²) in [4.78, 5) is 26.9. The van der Waals surface area contributed by atoms with Crippen LogP contribution in [0.25, 0.3) is 0 Å². The van der Waals surface area contributed by atoms with Crippen LogP contribution in [0.5, 0.6) is 0 Å². The summed E-state index contributed by atoms with van der Waals surface area (Å²) in [6.07, 6.45) is 46.4. The van der Waals surface area contributed by atoms with E-state index < -0.39 is 6.10 Å². The summed E-state index contributed by atoms with van der Waals surface area (Å²) in [7, 11) is 3.98. The average Bonchev–Trinajstić information content (AvgIpc) is 3.11. The highest BCUT2D eigenvalue weighted by Gasteiger charge is 2.17. The lowest BCUT2D eigenvalue weighted by atomic mass is 10.1. The van der Waals surface area contributed by atoms with E-state index in [2.05, 4.69) is 62.5 Å². The van der Waals surface area contributed by atoms with Gasteiger partial charge in [-0.3, -0.25) is 9.59 Å². The summed E-state index contributed by atoms with van der Waals surface area (Å²) in [5.74, 6) is -0.478. The van der Waals surface area contributed by atoms with Crippen LogP contribution in [0.4, 0.5) is 0 Å². The lowest BCUT2D eigenvalue weighted by Crippen LogP contribution is -2.30. The normalized spacial score (nSPS) is 12.7. The number of carbonyl (C=O) groups excluding carboxylic acids is 2. The molecule has 51 heavy (non-hydrogen) atoms. The van der Waals surface area contributed by atoms with Crippen molar-refractivity contribution in [1.29, 1.82) is 0 Å². The van der Waals surface area contributed by atoms with E-state index in [4.69, 9.17) is 14.2 Å². The van der Waals surface area contributed by atoms with Crippen molar-refractivity contribution in [3.05, 3.63) is 48.6 Å². The minimum absolute atomic E-state index is 0.0555. The Hall–Kier alpha value is -2.18. The molecule has 1 atom stereocenters. The van der Waals surface area contributed by atoms with Gasteiger partial charge in [0.2, 0.25) is 0 Å². The van der Waals surface area contributed by atoms with Crippen LogP contribution < -0.4 is 0 Å². The van der Waals surface area contributed by atoms with Crippen LogP contribution in [0, 0.1) is 0 Å². The highest BCUT2D eigenvalue weighted by Crippen LogP contribution is 2.12. The largest absolute Gasteiger partial charge is 0.462 e. The first-order valence-corrected chi connectivity index (χ1v) is 21.2. The Balaban J connectivity index is 4.12. The van der Waals surface area contributed by atoms with Gasteiger partial charge in [0.25, 0.3) is 0 Å². The van der Waals surface area contributed by atoms with Crippen molar-refractivity contribution in [2.75, 3.05) is 40.5 Å². The van der Waals surface area contributed by atoms with E-state index >= 15 is 0 Å². The van der Waals surface area contributed by atoms with E-state index in [1.54, 1.807) is 0 Å². The molecular weight excluding hydrogens is 634 g/mol. The molecule has 0 aromatic carbocycles. The number of hydrogen-bond donors (Lipinski definition) is 0. The molecule has 0 fully saturated rings. The number of rotatable bonds is 38. The molecule has 0 heterocycles. The van der Waals surface area contributed by atoms with Gasteiger partial charge in [0.1, 0.15) is 6.61 Å². The average molecular weight is 716 g/mol. The van der Waals surface area contributed by atoms with Crippen LogP contribution in [-0.4, -0.2) is 63.4 Å². The number of hydrogen-bond acceptors (Lipinski definition) is 6. The van der Waals surface area contributed by atoms with Crippen LogP contribution in [0.15, 0.2) is 48.6 Å². The molecule has 0 aliphatic carbocycles. The molecule has 296 valence electrons. The van der Waals surface area contributed by atoms with Crippen molar-refractivity contribution >= 4 is 11.9 Å². The van der Waals surface area contributed by atoms with Crippen LogP contribution in [0.2, 0.25) is 0 Å². The molecule has 0 radical (unpaired) electrons. The highest BCUT2D eigenvalue weighted by atomic mass is 16.6. The van der Waals surface area contributed by atoms with E-state index in [0.717, 1.165) is 77.2 Å². The molecule has 0 aromatic rings. The van der Waals surface area contributed by atoms with E-state index in [-0.39, 0.29) is 25.2 Å². The van der Waals surface area contributed by atoms with Gasteiger partial charge in [0.05, 0.1) is 6.61 Å². The summed E-state index contributed by atoms with van der Waals surface area (Å²) in [5, 5.41) is 0. The van der Waals surface area contributed by atoms with E-state index in [1.807, 2.05) is 19.0 Å². The van der Waals surface area contributed by atoms with Crippen molar-refractivity contribution in [1.82, 2.24) is 4.90 Å². The summed E-state index contributed by atoms with van der Waals surface area (Å²) >= 11 is 0. The maximum atomic E-state index is 12.6. The maximum absolute atomic E-state index is 12.6. The summed E-state index contributed by atoms with van der Waals surface area (Å²) in [5.41, 5.74) is 0. The molecular formula is C45H81NO5. The molecule has 0 rings (SSSR count). The van der Waals surface area contributed by atoms with Gasteiger partial charge >= 0.3 is 11.9 Å². The Morgan fingerprint density at radius 1 is 0.529 bits per heavy atom. The predicted octanol–water partition coefficient (Wildman–Crippen LogP) is 12.4. The first-order chi connectivity index (χ1) is 25.0. The molecule has 0 saturated heterocycles. The monoisotopic (exact) mass is 716 g/mol. The SMILES string of the molecule is CC/C=C\C/C=C\C/C=C\CCCCCCCCOCC(COC(=O)CCCN(C)C)OC(=O)CCCCCCC/C=C\CCCCCCCC. The fourth-order valence-electron chi connectivity index (χ4n) is 5.71. The van der Waals surface area contributed by atoms with Gasteiger partial charge in [-0.1, -0.05) is 140 Å². The molecule has 0 saturated carbocycles. The van der Waals surface area contributed by atoms with Crippen LogP contribution in [-0.2, 0) is 23.8 Å². The molecule has 0 aromatic heterocycles. The molecule has 1 unspecified atom stereocenters. The third-order valence-electron chi connectivity index (χ3n) is 8.85. The van der Waals surface area contributed by atoms with E-state index in [0.29, 0.717) is 19.4 Å². The minimum Gasteiger partial charge on any atom is -0.462 e. The number of ether oxygens (including phenoxy) is 3. The zero-order valence-electron chi connectivity index (χ0n) is 33.9. The second kappa shape index (κ2) is 40.6. The maximum Gasteiger partial charge on any atom is 0.306 e. The Morgan fingerprint density at radius 3 is 1.61 bits per heavy atom. The Morgan fingerprint density at radius 2 is 1.02 bits per heavy atom. The summed E-state index contributed by atoms with van der Waals surface area (Å²) in [6, 6.07) is 0. The molecule has 0 bridgehead atoms. The minimum atomic E-state index is -0.556. The summed E-state index contributed by atoms with van der Waals surface area (Å²) in [6.45, 7) is 6.21. The van der Waals surface area contributed by atoms with Crippen molar-refractivity contribution in [3.63, 3.8) is 0 Å². The quantitative estimate of drug-likeness (QED) is 0.0360. The van der Waals surface area contributed by atoms with Crippen molar-refractivity contribution in [2.45, 2.75) is 187 Å². The molecule has 0 amide bonds. The number of allylic oxidation sites excluding steroid dienone is 8. The number of carbonyl (C=O) groups is 2. The molecule has 6 heteroatoms. The van der Waals surface area contributed by atoms with Gasteiger partial charge in [-0.2, -0.15) is 0 Å². The van der Waals surface area contributed by atoms with E-state index in [9.17, 15) is 9.59 Å². The highest BCUT2D eigenvalue weighted by molar-refractivity contribution is 5.70. The molecule has 0 aliphatic heterocycles. The predicted molar refractivity (Wildman–Crippen MR) is 218 cm³/mol. The molecule has 0 N–H and O–H groups in total. The van der Waals surface area contributed by atoms with Crippen LogP contribution >= 0.6 is 0 Å². The topological polar surface area (TPSA) is 65.1 Å². The van der Waals surface area contributed by atoms with Gasteiger partial charge in [-0.05, 0) is 97.7 Å². The van der Waals surface area contributed by atoms with Crippen molar-refractivity contribution in [3.8, 4) is 0 Å². The van der Waals surface area contributed by atoms with Crippen LogP contribution in [0.1, 0.15) is 181 Å². The fourth-order valence-corrected chi connectivity index (χ4v) is 5.71. The second-order valence-electron chi connectivity index (χ2n) is 14.3. The van der Waals surface area contributed by atoms with Gasteiger partial charge in [-0.25, -0.2) is 0 Å². The van der Waals surface area contributed by atoms with Gasteiger partial charge in [-0.15, -0.1) is 0 Å². The standard InChI is InChI=1S/C45H81NO5/c1-5-7-9-11-13-15-17-19-21-23-25-27-29-31-33-35-40-49-41-43(42-50-44(47)38-36-39-46(3)4)51-45(48)37-34-32-30-28-26-24-22-20-18-16-14-12-10-8-6-2/h7,9,13,15,19-22,43H,5-6,8,10-12,14,16-18,23-42H2,1-4H3/b9-7-,15-13-,21-19-,22-20-.